The number of anilines is 2. The topological polar surface area (TPSA) is 78.5 Å². The number of nitrogens with zero attached hydrogens (tertiary/aromatic N) is 1. The van der Waals surface area contributed by atoms with E-state index in [1.165, 1.54) is 0 Å². The molecule has 1 aromatic rings. The number of carbonyl (C=O) groups is 1. The first kappa shape index (κ1) is 16.8. The largest absolute Gasteiger partial charge is 0.312 e. The van der Waals surface area contributed by atoms with Crippen molar-refractivity contribution in [3.8, 4) is 0 Å². The molecule has 2 N–H and O–H groups in total. The number of benzene rings is 1. The molecule has 0 radical (unpaired) electrons. The van der Waals surface area contributed by atoms with Gasteiger partial charge in [0.1, 0.15) is 0 Å². The highest BCUT2D eigenvalue weighted by molar-refractivity contribution is 7.90. The Hall–Kier alpha value is -1.60. The lowest BCUT2D eigenvalue weighted by Crippen LogP contribution is -2.38. The Labute approximate surface area is 149 Å². The highest BCUT2D eigenvalue weighted by Gasteiger charge is 2.35. The van der Waals surface area contributed by atoms with Crippen molar-refractivity contribution >= 4 is 27.5 Å². The molecule has 0 saturated heterocycles. The van der Waals surface area contributed by atoms with E-state index in [0.717, 1.165) is 69.2 Å². The lowest BCUT2D eigenvalue weighted by atomic mass is 10.0. The van der Waals surface area contributed by atoms with Gasteiger partial charge in [-0.2, -0.15) is 13.1 Å². The van der Waals surface area contributed by atoms with Crippen LogP contribution in [0.25, 0.3) is 0 Å². The van der Waals surface area contributed by atoms with Crippen LogP contribution in [0.1, 0.15) is 50.5 Å². The van der Waals surface area contributed by atoms with E-state index in [0.29, 0.717) is 5.69 Å². The number of rotatable bonds is 5. The van der Waals surface area contributed by atoms with Gasteiger partial charge < -0.3 is 4.90 Å². The first-order valence-corrected chi connectivity index (χ1v) is 10.7. The highest BCUT2D eigenvalue weighted by Crippen LogP contribution is 2.37. The molecule has 1 heterocycles. The third-order valence-corrected chi connectivity index (χ3v) is 6.47. The second-order valence-corrected chi connectivity index (χ2v) is 8.86. The van der Waals surface area contributed by atoms with Crippen LogP contribution in [0.15, 0.2) is 18.2 Å². The molecular weight excluding hydrogens is 338 g/mol. The van der Waals surface area contributed by atoms with Gasteiger partial charge in [-0.25, -0.2) is 0 Å². The number of hydrogen-bond acceptors (Lipinski definition) is 3. The molecule has 6 nitrogen and oxygen atoms in total. The Morgan fingerprint density at radius 1 is 1.08 bits per heavy atom. The first-order valence-electron chi connectivity index (χ1n) is 9.26. The fraction of sp³-hybridized carbons (Fsp3) is 0.611. The predicted molar refractivity (Wildman–Crippen MR) is 97.8 cm³/mol. The summed E-state index contributed by atoms with van der Waals surface area (Å²) in [6.07, 6.45) is 7.78. The SMILES string of the molecule is O=C(C1CC1)N1CCCc2ccc(NS(=O)(=O)NC3CCCC3)cc21. The van der Waals surface area contributed by atoms with E-state index in [2.05, 4.69) is 9.44 Å². The number of nitrogens with one attached hydrogen (secondary N) is 2. The van der Waals surface area contributed by atoms with Crippen molar-refractivity contribution in [2.24, 2.45) is 5.92 Å². The maximum Gasteiger partial charge on any atom is 0.299 e. The molecule has 1 amide bonds. The Kier molecular flexibility index (Phi) is 4.45. The molecule has 2 saturated carbocycles. The number of amides is 1. The van der Waals surface area contributed by atoms with Gasteiger partial charge >= 0.3 is 0 Å². The molecule has 2 aliphatic carbocycles. The molecule has 0 unspecified atom stereocenters. The summed E-state index contributed by atoms with van der Waals surface area (Å²) in [5.74, 6) is 0.348. The van der Waals surface area contributed by atoms with Crippen molar-refractivity contribution in [2.75, 3.05) is 16.2 Å². The molecule has 0 bridgehead atoms. The lowest BCUT2D eigenvalue weighted by molar-refractivity contribution is -0.119. The summed E-state index contributed by atoms with van der Waals surface area (Å²) >= 11 is 0. The summed E-state index contributed by atoms with van der Waals surface area (Å²) in [6.45, 7) is 0.721. The normalized spacial score (nSPS) is 21.2. The van der Waals surface area contributed by atoms with E-state index >= 15 is 0 Å². The van der Waals surface area contributed by atoms with Crippen LogP contribution in [0.2, 0.25) is 0 Å². The van der Waals surface area contributed by atoms with Crippen LogP contribution in [0.4, 0.5) is 11.4 Å². The van der Waals surface area contributed by atoms with E-state index in [-0.39, 0.29) is 17.9 Å². The van der Waals surface area contributed by atoms with E-state index in [1.54, 1.807) is 6.07 Å². The van der Waals surface area contributed by atoms with Gasteiger partial charge in [0.2, 0.25) is 5.91 Å². The molecule has 0 aromatic heterocycles. The van der Waals surface area contributed by atoms with E-state index < -0.39 is 10.2 Å². The average Bonchev–Trinajstić information content (AvgIpc) is 3.31. The summed E-state index contributed by atoms with van der Waals surface area (Å²) in [7, 11) is -3.59. The van der Waals surface area contributed by atoms with Crippen LogP contribution in [0, 0.1) is 5.92 Å². The maximum atomic E-state index is 12.5. The fourth-order valence-corrected chi connectivity index (χ4v) is 5.04. The molecule has 3 aliphatic rings. The van der Waals surface area contributed by atoms with Crippen LogP contribution in [-0.4, -0.2) is 26.9 Å². The molecule has 1 aromatic carbocycles. The summed E-state index contributed by atoms with van der Waals surface area (Å²) in [6, 6.07) is 5.57. The molecular formula is C18H25N3O3S. The number of hydrogen-bond donors (Lipinski definition) is 2. The van der Waals surface area contributed by atoms with Crippen molar-refractivity contribution in [3.05, 3.63) is 23.8 Å². The zero-order valence-electron chi connectivity index (χ0n) is 14.3. The molecule has 0 atom stereocenters. The van der Waals surface area contributed by atoms with Gasteiger partial charge in [0.05, 0.1) is 5.69 Å². The van der Waals surface area contributed by atoms with Crippen molar-refractivity contribution in [3.63, 3.8) is 0 Å². The third-order valence-electron chi connectivity index (χ3n) is 5.33. The highest BCUT2D eigenvalue weighted by atomic mass is 32.2. The minimum Gasteiger partial charge on any atom is -0.312 e. The van der Waals surface area contributed by atoms with Crippen molar-refractivity contribution in [1.82, 2.24) is 4.72 Å². The average molecular weight is 363 g/mol. The van der Waals surface area contributed by atoms with Gasteiger partial charge in [-0.15, -0.1) is 0 Å². The van der Waals surface area contributed by atoms with Gasteiger partial charge in [-0.3, -0.25) is 9.52 Å². The van der Waals surface area contributed by atoms with Gasteiger partial charge in [0, 0.05) is 24.2 Å². The van der Waals surface area contributed by atoms with Gasteiger partial charge in [-0.1, -0.05) is 18.9 Å². The smallest absolute Gasteiger partial charge is 0.299 e. The van der Waals surface area contributed by atoms with Crippen LogP contribution in [0.5, 0.6) is 0 Å². The summed E-state index contributed by atoms with van der Waals surface area (Å²) < 4.78 is 30.1. The maximum absolute atomic E-state index is 12.5. The zero-order chi connectivity index (χ0) is 17.4. The van der Waals surface area contributed by atoms with Crippen molar-refractivity contribution < 1.29 is 13.2 Å². The van der Waals surface area contributed by atoms with Crippen LogP contribution >= 0.6 is 0 Å². The fourth-order valence-electron chi connectivity index (χ4n) is 3.87. The Balaban J connectivity index is 1.53. The monoisotopic (exact) mass is 363 g/mol. The van der Waals surface area contributed by atoms with Crippen LogP contribution in [-0.2, 0) is 21.4 Å². The quantitative estimate of drug-likeness (QED) is 0.844. The van der Waals surface area contributed by atoms with Crippen molar-refractivity contribution in [1.29, 1.82) is 0 Å². The summed E-state index contributed by atoms with van der Waals surface area (Å²) in [5.41, 5.74) is 2.50. The molecule has 2 fully saturated rings. The number of fused-ring (bicyclic) bond motifs is 1. The van der Waals surface area contributed by atoms with Crippen LogP contribution in [0.3, 0.4) is 0 Å². The second-order valence-electron chi connectivity index (χ2n) is 7.42. The van der Waals surface area contributed by atoms with Crippen LogP contribution < -0.4 is 14.3 Å². The molecule has 136 valence electrons. The third kappa shape index (κ3) is 3.82. The Morgan fingerprint density at radius 3 is 2.56 bits per heavy atom. The van der Waals surface area contributed by atoms with E-state index in [1.807, 2.05) is 17.0 Å². The summed E-state index contributed by atoms with van der Waals surface area (Å²) in [4.78, 5) is 14.4. The van der Waals surface area contributed by atoms with Crippen molar-refractivity contribution in [2.45, 2.75) is 57.4 Å². The molecule has 1 aliphatic heterocycles. The summed E-state index contributed by atoms with van der Waals surface area (Å²) in [5, 5.41) is 0. The minimum absolute atomic E-state index is 0.0306. The lowest BCUT2D eigenvalue weighted by Gasteiger charge is -2.30. The van der Waals surface area contributed by atoms with Gasteiger partial charge in [0.25, 0.3) is 10.2 Å². The number of carbonyl (C=O) groups excluding carboxylic acids is 1. The predicted octanol–water partition coefficient (Wildman–Crippen LogP) is 2.56. The molecule has 4 rings (SSSR count). The Bertz CT molecular complexity index is 768. The zero-order valence-corrected chi connectivity index (χ0v) is 15.1. The molecule has 25 heavy (non-hydrogen) atoms. The Morgan fingerprint density at radius 2 is 1.84 bits per heavy atom. The van der Waals surface area contributed by atoms with Gasteiger partial charge in [0.15, 0.2) is 0 Å². The molecule has 0 spiro atoms. The van der Waals surface area contributed by atoms with E-state index in [9.17, 15) is 13.2 Å². The number of aryl methyl sites for hydroxylation is 1. The van der Waals surface area contributed by atoms with E-state index in [4.69, 9.17) is 0 Å². The standard InChI is InChI=1S/C18H25N3O3S/c22-18(14-7-8-14)21-11-3-4-13-9-10-16(12-17(13)21)20-25(23,24)19-15-5-1-2-6-15/h9-10,12,14-15,19-20H,1-8,11H2. The minimum atomic E-state index is -3.59. The second kappa shape index (κ2) is 6.61. The van der Waals surface area contributed by atoms with Gasteiger partial charge in [-0.05, 0) is 56.2 Å². The molecule has 7 heteroatoms. The first-order chi connectivity index (χ1) is 12.0.